The summed E-state index contributed by atoms with van der Waals surface area (Å²) in [4.78, 5) is 0. The van der Waals surface area contributed by atoms with Gasteiger partial charge in [-0.3, -0.25) is 4.68 Å². The molecule has 1 aromatic carbocycles. The van der Waals surface area contributed by atoms with E-state index in [9.17, 15) is 0 Å². The number of anilines is 1. The van der Waals surface area contributed by atoms with Crippen molar-refractivity contribution in [2.24, 2.45) is 0 Å². The molecule has 0 atom stereocenters. The van der Waals surface area contributed by atoms with Crippen LogP contribution in [0.3, 0.4) is 0 Å². The average Bonchev–Trinajstić information content (AvgIpc) is 3.16. The fourth-order valence-corrected chi connectivity index (χ4v) is 2.74. The summed E-state index contributed by atoms with van der Waals surface area (Å²) in [6.07, 6.45) is 7.00. The minimum atomic E-state index is 0.359. The van der Waals surface area contributed by atoms with Gasteiger partial charge in [-0.1, -0.05) is 12.8 Å². The Morgan fingerprint density at radius 3 is 2.90 bits per heavy atom. The van der Waals surface area contributed by atoms with Crippen LogP contribution in [0.1, 0.15) is 43.0 Å². The molecule has 1 saturated carbocycles. The molecule has 1 aliphatic carbocycles. The Morgan fingerprint density at radius 2 is 2.14 bits per heavy atom. The lowest BCUT2D eigenvalue weighted by Crippen LogP contribution is -2.06. The zero-order valence-electron chi connectivity index (χ0n) is 11.8. The molecule has 1 aromatic heterocycles. The Kier molecular flexibility index (Phi) is 3.78. The summed E-state index contributed by atoms with van der Waals surface area (Å²) in [6, 6.07) is 9.67. The molecule has 0 unspecified atom stereocenters. The van der Waals surface area contributed by atoms with Gasteiger partial charge in [-0.15, -0.1) is 0 Å². The van der Waals surface area contributed by atoms with Crippen LogP contribution < -0.4 is 10.5 Å². The van der Waals surface area contributed by atoms with Gasteiger partial charge in [0.05, 0.1) is 17.3 Å². The van der Waals surface area contributed by atoms with Gasteiger partial charge >= 0.3 is 0 Å². The molecule has 2 N–H and O–H groups in total. The highest BCUT2D eigenvalue weighted by atomic mass is 16.5. The van der Waals surface area contributed by atoms with Crippen LogP contribution in [0, 0.1) is 11.3 Å². The van der Waals surface area contributed by atoms with Crippen LogP contribution in [0.15, 0.2) is 30.5 Å². The topological polar surface area (TPSA) is 76.9 Å². The van der Waals surface area contributed by atoms with Crippen molar-refractivity contribution >= 4 is 5.69 Å². The third-order valence-corrected chi connectivity index (χ3v) is 3.86. The molecule has 0 saturated heterocycles. The number of nitriles is 1. The standard InChI is InChI=1S/C16H18N4O/c17-10-12-9-13(18)5-6-16(12)21-11-14-7-8-20(19-14)15-3-1-2-4-15/h5-9,15H,1-4,11,18H2. The summed E-state index contributed by atoms with van der Waals surface area (Å²) in [5, 5.41) is 13.6. The molecule has 1 fully saturated rings. The number of nitrogens with two attached hydrogens (primary N) is 1. The lowest BCUT2D eigenvalue weighted by atomic mass is 10.2. The molecule has 5 heteroatoms. The number of hydrogen-bond donors (Lipinski definition) is 1. The predicted molar refractivity (Wildman–Crippen MR) is 79.6 cm³/mol. The van der Waals surface area contributed by atoms with E-state index in [4.69, 9.17) is 15.7 Å². The van der Waals surface area contributed by atoms with Gasteiger partial charge in [0.2, 0.25) is 0 Å². The van der Waals surface area contributed by atoms with Crippen LogP contribution in [0.25, 0.3) is 0 Å². The van der Waals surface area contributed by atoms with Crippen molar-refractivity contribution in [3.63, 3.8) is 0 Å². The molecular formula is C16H18N4O. The molecule has 108 valence electrons. The zero-order chi connectivity index (χ0) is 14.7. The highest BCUT2D eigenvalue weighted by molar-refractivity contribution is 5.53. The van der Waals surface area contributed by atoms with Crippen molar-refractivity contribution in [1.29, 1.82) is 5.26 Å². The molecular weight excluding hydrogens is 264 g/mol. The Labute approximate surface area is 123 Å². The Bertz CT molecular complexity index is 665. The van der Waals surface area contributed by atoms with Crippen molar-refractivity contribution in [3.05, 3.63) is 41.7 Å². The number of hydrogen-bond acceptors (Lipinski definition) is 4. The molecule has 0 aliphatic heterocycles. The minimum absolute atomic E-state index is 0.359. The molecule has 1 heterocycles. The first-order valence-electron chi connectivity index (χ1n) is 7.23. The highest BCUT2D eigenvalue weighted by Gasteiger charge is 2.17. The fourth-order valence-electron chi connectivity index (χ4n) is 2.74. The van der Waals surface area contributed by atoms with Crippen LogP contribution in [-0.2, 0) is 6.61 Å². The van der Waals surface area contributed by atoms with Crippen molar-refractivity contribution < 1.29 is 4.74 Å². The summed E-state index contributed by atoms with van der Waals surface area (Å²) in [6.45, 7) is 0.359. The number of aromatic nitrogens is 2. The maximum absolute atomic E-state index is 9.08. The van der Waals surface area contributed by atoms with Gasteiger partial charge < -0.3 is 10.5 Å². The molecule has 0 amide bonds. The van der Waals surface area contributed by atoms with E-state index >= 15 is 0 Å². The number of nitrogen functional groups attached to an aromatic ring is 1. The van der Waals surface area contributed by atoms with Crippen LogP contribution in [0.2, 0.25) is 0 Å². The van der Waals surface area contributed by atoms with E-state index in [1.165, 1.54) is 25.7 Å². The smallest absolute Gasteiger partial charge is 0.137 e. The van der Waals surface area contributed by atoms with E-state index in [0.29, 0.717) is 29.6 Å². The number of rotatable bonds is 4. The van der Waals surface area contributed by atoms with Crippen molar-refractivity contribution in [2.75, 3.05) is 5.73 Å². The zero-order valence-corrected chi connectivity index (χ0v) is 11.8. The van der Waals surface area contributed by atoms with Crippen LogP contribution >= 0.6 is 0 Å². The number of benzene rings is 1. The first-order chi connectivity index (χ1) is 10.3. The SMILES string of the molecule is N#Cc1cc(N)ccc1OCc1ccn(C2CCCC2)n1. The second-order valence-electron chi connectivity index (χ2n) is 5.38. The van der Waals surface area contributed by atoms with Crippen molar-refractivity contribution in [3.8, 4) is 11.8 Å². The summed E-state index contributed by atoms with van der Waals surface area (Å²) in [5.74, 6) is 0.544. The average molecular weight is 282 g/mol. The maximum atomic E-state index is 9.08. The number of nitrogens with zero attached hydrogens (tertiary/aromatic N) is 3. The molecule has 0 radical (unpaired) electrons. The molecule has 5 nitrogen and oxygen atoms in total. The second kappa shape index (κ2) is 5.88. The van der Waals surface area contributed by atoms with Crippen LogP contribution in [0.4, 0.5) is 5.69 Å². The largest absolute Gasteiger partial charge is 0.486 e. The Morgan fingerprint density at radius 1 is 1.33 bits per heavy atom. The maximum Gasteiger partial charge on any atom is 0.137 e. The fraction of sp³-hybridized carbons (Fsp3) is 0.375. The molecule has 0 bridgehead atoms. The normalized spacial score (nSPS) is 15.0. The quantitative estimate of drug-likeness (QED) is 0.874. The van der Waals surface area contributed by atoms with E-state index in [1.54, 1.807) is 18.2 Å². The molecule has 0 spiro atoms. The van der Waals surface area contributed by atoms with Crippen LogP contribution in [0.5, 0.6) is 5.75 Å². The summed E-state index contributed by atoms with van der Waals surface area (Å²) in [5.41, 5.74) is 7.55. The van der Waals surface area contributed by atoms with Crippen LogP contribution in [-0.4, -0.2) is 9.78 Å². The molecule has 3 rings (SSSR count). The highest BCUT2D eigenvalue weighted by Crippen LogP contribution is 2.29. The van der Waals surface area contributed by atoms with Gasteiger partial charge in [-0.2, -0.15) is 10.4 Å². The van der Waals surface area contributed by atoms with Gasteiger partial charge in [-0.25, -0.2) is 0 Å². The van der Waals surface area contributed by atoms with E-state index in [0.717, 1.165) is 5.69 Å². The van der Waals surface area contributed by atoms with Gasteiger partial charge in [0.25, 0.3) is 0 Å². The summed E-state index contributed by atoms with van der Waals surface area (Å²) in [7, 11) is 0. The molecule has 2 aromatic rings. The lowest BCUT2D eigenvalue weighted by Gasteiger charge is -2.09. The van der Waals surface area contributed by atoms with E-state index < -0.39 is 0 Å². The monoisotopic (exact) mass is 282 g/mol. The van der Waals surface area contributed by atoms with Gasteiger partial charge in [0.1, 0.15) is 18.4 Å². The van der Waals surface area contributed by atoms with Gasteiger partial charge in [0, 0.05) is 11.9 Å². The number of ether oxygens (including phenoxy) is 1. The van der Waals surface area contributed by atoms with E-state index in [1.807, 2.05) is 16.9 Å². The Balaban J connectivity index is 1.66. The second-order valence-corrected chi connectivity index (χ2v) is 5.38. The summed E-state index contributed by atoms with van der Waals surface area (Å²) >= 11 is 0. The third-order valence-electron chi connectivity index (χ3n) is 3.86. The first-order valence-corrected chi connectivity index (χ1v) is 7.23. The third kappa shape index (κ3) is 3.00. The lowest BCUT2D eigenvalue weighted by molar-refractivity contribution is 0.297. The van der Waals surface area contributed by atoms with E-state index in [2.05, 4.69) is 11.2 Å². The van der Waals surface area contributed by atoms with E-state index in [-0.39, 0.29) is 0 Å². The predicted octanol–water partition coefficient (Wildman–Crippen LogP) is 3.03. The van der Waals surface area contributed by atoms with Gasteiger partial charge in [0.15, 0.2) is 0 Å². The first kappa shape index (κ1) is 13.5. The van der Waals surface area contributed by atoms with Crippen molar-refractivity contribution in [2.45, 2.75) is 38.3 Å². The molecule has 21 heavy (non-hydrogen) atoms. The molecule has 1 aliphatic rings. The Hall–Kier alpha value is -2.48. The minimum Gasteiger partial charge on any atom is -0.486 e. The van der Waals surface area contributed by atoms with Gasteiger partial charge in [-0.05, 0) is 37.1 Å². The van der Waals surface area contributed by atoms with Crippen molar-refractivity contribution in [1.82, 2.24) is 9.78 Å². The summed E-state index contributed by atoms with van der Waals surface area (Å²) < 4.78 is 7.73.